The van der Waals surface area contributed by atoms with Gasteiger partial charge in [0, 0.05) is 12.7 Å². The third-order valence-corrected chi connectivity index (χ3v) is 3.57. The molecule has 0 aliphatic heterocycles. The second-order valence-electron chi connectivity index (χ2n) is 4.09. The summed E-state index contributed by atoms with van der Waals surface area (Å²) < 4.78 is 31.2. The van der Waals surface area contributed by atoms with Gasteiger partial charge in [-0.25, -0.2) is 9.97 Å². The average Bonchev–Trinajstić information content (AvgIpc) is 2.36. The van der Waals surface area contributed by atoms with E-state index in [9.17, 15) is 8.42 Å². The molecule has 0 aliphatic carbocycles. The number of benzene rings is 1. The molecule has 8 nitrogen and oxygen atoms in total. The summed E-state index contributed by atoms with van der Waals surface area (Å²) in [4.78, 5) is 13.3. The van der Waals surface area contributed by atoms with Gasteiger partial charge in [0.2, 0.25) is 5.95 Å². The van der Waals surface area contributed by atoms with Crippen LogP contribution in [0.4, 0.5) is 17.3 Å². The third-order valence-electron chi connectivity index (χ3n) is 2.64. The summed E-state index contributed by atoms with van der Waals surface area (Å²) in [7, 11) is -2.63. The highest BCUT2D eigenvalue weighted by atomic mass is 32.2. The van der Waals surface area contributed by atoms with E-state index in [1.807, 2.05) is 0 Å². The fourth-order valence-electron chi connectivity index (χ4n) is 1.62. The average molecular weight is 295 g/mol. The van der Waals surface area contributed by atoms with Crippen LogP contribution < -0.4 is 10.6 Å². The van der Waals surface area contributed by atoms with Gasteiger partial charge in [-0.3, -0.25) is 4.55 Å². The van der Waals surface area contributed by atoms with Crippen molar-refractivity contribution < 1.29 is 13.0 Å². The van der Waals surface area contributed by atoms with Crippen LogP contribution in [-0.4, -0.2) is 35.0 Å². The van der Waals surface area contributed by atoms with Crippen molar-refractivity contribution >= 4 is 27.4 Å². The van der Waals surface area contributed by atoms with Crippen molar-refractivity contribution in [3.8, 4) is 0 Å². The molecule has 0 bridgehead atoms. The summed E-state index contributed by atoms with van der Waals surface area (Å²) in [5.41, 5.74) is 6.16. The molecule has 2 rings (SSSR count). The zero-order chi connectivity index (χ0) is 14.9. The lowest BCUT2D eigenvalue weighted by molar-refractivity contribution is 0.483. The lowest BCUT2D eigenvalue weighted by Gasteiger charge is -2.18. The highest BCUT2D eigenvalue weighted by Gasteiger charge is 2.16. The molecule has 1 aromatic heterocycles. The van der Waals surface area contributed by atoms with Gasteiger partial charge in [-0.05, 0) is 25.1 Å². The molecule has 0 aliphatic rings. The van der Waals surface area contributed by atoms with Crippen LogP contribution >= 0.6 is 0 Å². The lowest BCUT2D eigenvalue weighted by atomic mass is 10.2. The number of rotatable bonds is 3. The van der Waals surface area contributed by atoms with Gasteiger partial charge < -0.3 is 10.6 Å². The molecule has 0 saturated carbocycles. The zero-order valence-electron chi connectivity index (χ0n) is 10.8. The van der Waals surface area contributed by atoms with Gasteiger partial charge in [0.25, 0.3) is 10.1 Å². The van der Waals surface area contributed by atoms with Gasteiger partial charge in [0.05, 0.1) is 5.69 Å². The summed E-state index contributed by atoms with van der Waals surface area (Å²) in [6.45, 7) is 1.73. The van der Waals surface area contributed by atoms with Crippen LogP contribution in [0.1, 0.15) is 5.82 Å². The standard InChI is InChI=1S/C11H13N5O3S/c1-7-13-6-14-11(15-7)16(2)8-3-4-10(9(12)5-8)20(17,18)19/h3-6H,12H2,1-2H3,(H,17,18,19). The molecule has 3 N–H and O–H groups in total. The van der Waals surface area contributed by atoms with Crippen LogP contribution in [0.5, 0.6) is 0 Å². The molecular weight excluding hydrogens is 282 g/mol. The second-order valence-corrected chi connectivity index (χ2v) is 5.48. The normalized spacial score (nSPS) is 11.3. The smallest absolute Gasteiger partial charge is 0.296 e. The highest BCUT2D eigenvalue weighted by molar-refractivity contribution is 7.86. The maximum absolute atomic E-state index is 11.1. The van der Waals surface area contributed by atoms with Crippen LogP contribution in [0.25, 0.3) is 0 Å². The summed E-state index contributed by atoms with van der Waals surface area (Å²) in [5.74, 6) is 0.959. The summed E-state index contributed by atoms with van der Waals surface area (Å²) in [6, 6.07) is 4.14. The fourth-order valence-corrected chi connectivity index (χ4v) is 2.22. The third kappa shape index (κ3) is 2.83. The van der Waals surface area contributed by atoms with Crippen LogP contribution in [0.2, 0.25) is 0 Å². The quantitative estimate of drug-likeness (QED) is 0.629. The first kappa shape index (κ1) is 14.2. The Labute approximate surface area is 116 Å². The van der Waals surface area contributed by atoms with Crippen molar-refractivity contribution in [2.24, 2.45) is 0 Å². The molecular formula is C11H13N5O3S. The van der Waals surface area contributed by atoms with E-state index >= 15 is 0 Å². The number of nitrogen functional groups attached to an aromatic ring is 1. The molecule has 0 radical (unpaired) electrons. The van der Waals surface area contributed by atoms with E-state index in [0.29, 0.717) is 17.5 Å². The molecule has 0 saturated heterocycles. The molecule has 20 heavy (non-hydrogen) atoms. The van der Waals surface area contributed by atoms with Crippen LogP contribution in [0.15, 0.2) is 29.4 Å². The van der Waals surface area contributed by atoms with Crippen molar-refractivity contribution in [2.45, 2.75) is 11.8 Å². The topological polar surface area (TPSA) is 122 Å². The lowest BCUT2D eigenvalue weighted by Crippen LogP contribution is -2.14. The Bertz CT molecular complexity index is 747. The van der Waals surface area contributed by atoms with Crippen LogP contribution in [0, 0.1) is 6.92 Å². The number of hydrogen-bond donors (Lipinski definition) is 2. The minimum atomic E-state index is -4.33. The monoisotopic (exact) mass is 295 g/mol. The predicted octanol–water partition coefficient (Wildman–Crippen LogP) is 0.777. The van der Waals surface area contributed by atoms with E-state index in [1.54, 1.807) is 18.9 Å². The number of nitrogens with two attached hydrogens (primary N) is 1. The summed E-state index contributed by atoms with van der Waals surface area (Å²) in [5, 5.41) is 0. The zero-order valence-corrected chi connectivity index (χ0v) is 11.7. The largest absolute Gasteiger partial charge is 0.398 e. The van der Waals surface area contributed by atoms with Crippen molar-refractivity contribution in [2.75, 3.05) is 17.7 Å². The summed E-state index contributed by atoms with van der Waals surface area (Å²) in [6.07, 6.45) is 1.38. The van der Waals surface area contributed by atoms with E-state index in [1.165, 1.54) is 24.5 Å². The van der Waals surface area contributed by atoms with Gasteiger partial charge in [0.15, 0.2) is 0 Å². The molecule has 0 spiro atoms. The van der Waals surface area contributed by atoms with Crippen molar-refractivity contribution in [3.63, 3.8) is 0 Å². The fraction of sp³-hybridized carbons (Fsp3) is 0.182. The number of hydrogen-bond acceptors (Lipinski definition) is 7. The maximum Gasteiger partial charge on any atom is 0.296 e. The molecule has 9 heteroatoms. The maximum atomic E-state index is 11.1. The number of anilines is 3. The SMILES string of the molecule is Cc1ncnc(N(C)c2ccc(S(=O)(=O)O)c(N)c2)n1. The van der Waals surface area contributed by atoms with Crippen molar-refractivity contribution in [1.82, 2.24) is 15.0 Å². The molecule has 0 amide bonds. The number of nitrogens with zero attached hydrogens (tertiary/aromatic N) is 4. The van der Waals surface area contributed by atoms with Crippen LogP contribution in [0.3, 0.4) is 0 Å². The van der Waals surface area contributed by atoms with Gasteiger partial charge in [0.1, 0.15) is 17.0 Å². The molecule has 0 fully saturated rings. The Morgan fingerprint density at radius 3 is 2.55 bits per heavy atom. The molecule has 106 valence electrons. The molecule has 0 unspecified atom stereocenters. The highest BCUT2D eigenvalue weighted by Crippen LogP contribution is 2.26. The number of aromatic nitrogens is 3. The summed E-state index contributed by atoms with van der Waals surface area (Å²) >= 11 is 0. The molecule has 1 aromatic carbocycles. The molecule has 1 heterocycles. The minimum absolute atomic E-state index is 0.0531. The first-order chi connectivity index (χ1) is 9.29. The Morgan fingerprint density at radius 2 is 2.00 bits per heavy atom. The first-order valence-electron chi connectivity index (χ1n) is 5.55. The second kappa shape index (κ2) is 5.02. The van der Waals surface area contributed by atoms with E-state index < -0.39 is 10.1 Å². The minimum Gasteiger partial charge on any atom is -0.398 e. The predicted molar refractivity (Wildman–Crippen MR) is 73.3 cm³/mol. The number of aryl methyl sites for hydroxylation is 1. The van der Waals surface area contributed by atoms with Crippen molar-refractivity contribution in [1.29, 1.82) is 0 Å². The Hall–Kier alpha value is -2.26. The molecule has 2 aromatic rings. The van der Waals surface area contributed by atoms with Crippen molar-refractivity contribution in [3.05, 3.63) is 30.4 Å². The van der Waals surface area contributed by atoms with E-state index in [4.69, 9.17) is 10.3 Å². The van der Waals surface area contributed by atoms with E-state index in [2.05, 4.69) is 15.0 Å². The van der Waals surface area contributed by atoms with Gasteiger partial charge in [-0.15, -0.1) is 0 Å². The van der Waals surface area contributed by atoms with Gasteiger partial charge in [-0.2, -0.15) is 13.4 Å². The van der Waals surface area contributed by atoms with Gasteiger partial charge in [-0.1, -0.05) is 0 Å². The van der Waals surface area contributed by atoms with E-state index in [-0.39, 0.29) is 10.6 Å². The Balaban J connectivity index is 2.42. The Kier molecular flexibility index (Phi) is 3.55. The van der Waals surface area contributed by atoms with E-state index in [0.717, 1.165) is 0 Å². The van der Waals surface area contributed by atoms with Gasteiger partial charge >= 0.3 is 0 Å². The molecule has 0 atom stereocenters. The first-order valence-corrected chi connectivity index (χ1v) is 6.99. The van der Waals surface area contributed by atoms with Crippen LogP contribution in [-0.2, 0) is 10.1 Å². The Morgan fingerprint density at radius 1 is 1.30 bits per heavy atom.